The summed E-state index contributed by atoms with van der Waals surface area (Å²) in [5.41, 5.74) is 4.02. The van der Waals surface area contributed by atoms with Crippen molar-refractivity contribution in [2.24, 2.45) is 0 Å². The van der Waals surface area contributed by atoms with Crippen molar-refractivity contribution in [2.45, 2.75) is 0 Å². The molecule has 0 unspecified atom stereocenters. The molecule has 0 saturated carbocycles. The Labute approximate surface area is 148 Å². The van der Waals surface area contributed by atoms with Crippen molar-refractivity contribution < 1.29 is 9.47 Å². The van der Waals surface area contributed by atoms with E-state index in [9.17, 15) is 5.26 Å². The maximum atomic E-state index is 9.51. The van der Waals surface area contributed by atoms with E-state index in [1.165, 1.54) is 6.20 Å². The Morgan fingerprint density at radius 1 is 1.00 bits per heavy atom. The lowest BCUT2D eigenvalue weighted by molar-refractivity contribution is 0.356. The average molecular weight is 346 g/mol. The Hall–Kier alpha value is -3.86. The van der Waals surface area contributed by atoms with Crippen LogP contribution in [0.25, 0.3) is 21.9 Å². The van der Waals surface area contributed by atoms with Crippen LogP contribution in [0.3, 0.4) is 0 Å². The number of H-pyrrole nitrogens is 1. The fourth-order valence-electron chi connectivity index (χ4n) is 2.80. The second-order valence-electron chi connectivity index (χ2n) is 5.54. The van der Waals surface area contributed by atoms with E-state index in [0.717, 1.165) is 22.1 Å². The number of nitriles is 1. The molecule has 0 bridgehead atoms. The molecule has 0 amide bonds. The van der Waals surface area contributed by atoms with E-state index in [1.807, 2.05) is 18.2 Å². The molecular formula is C18H14N6O2. The molecule has 2 aromatic carbocycles. The van der Waals surface area contributed by atoms with Gasteiger partial charge in [0.2, 0.25) is 0 Å². The fourth-order valence-corrected chi connectivity index (χ4v) is 2.80. The van der Waals surface area contributed by atoms with E-state index in [-0.39, 0.29) is 0 Å². The van der Waals surface area contributed by atoms with Gasteiger partial charge < -0.3 is 14.8 Å². The van der Waals surface area contributed by atoms with Gasteiger partial charge in [0.05, 0.1) is 31.0 Å². The minimum Gasteiger partial charge on any atom is -0.493 e. The minimum atomic E-state index is 0.421. The molecule has 4 aromatic rings. The number of aromatic amines is 1. The van der Waals surface area contributed by atoms with Crippen molar-refractivity contribution in [3.8, 4) is 17.6 Å². The number of hydrogen-bond donors (Lipinski definition) is 2. The molecule has 0 aliphatic rings. The molecule has 2 aromatic heterocycles. The Morgan fingerprint density at radius 2 is 1.77 bits per heavy atom. The summed E-state index contributed by atoms with van der Waals surface area (Å²) in [6.07, 6.45) is 1.53. The minimum absolute atomic E-state index is 0.421. The number of nitrogens with one attached hydrogen (secondary N) is 2. The fraction of sp³-hybridized carbons (Fsp3) is 0.111. The predicted octanol–water partition coefficient (Wildman–Crippen LogP) is 3.14. The van der Waals surface area contributed by atoms with Gasteiger partial charge in [-0.1, -0.05) is 0 Å². The van der Waals surface area contributed by atoms with Crippen LogP contribution in [-0.2, 0) is 0 Å². The summed E-state index contributed by atoms with van der Waals surface area (Å²) in [6, 6.07) is 11.3. The standard InChI is InChI=1S/C18H14N6O2/c1-25-16-6-12-14(7-17(16)26-2)20-9-10(8-19)18(12)21-11-3-4-13-15(5-11)23-24-22-13/h3-7,9H,1-2H3,(H,20,21)(H,22,23,24). The number of ether oxygens (including phenoxy) is 2. The SMILES string of the molecule is COc1cc2ncc(C#N)c(Nc3ccc4n[nH]nc4c3)c2cc1OC. The molecule has 0 aliphatic carbocycles. The monoisotopic (exact) mass is 346 g/mol. The predicted molar refractivity (Wildman–Crippen MR) is 96.7 cm³/mol. The molecule has 4 rings (SSSR count). The van der Waals surface area contributed by atoms with Crippen LogP contribution in [0.15, 0.2) is 36.5 Å². The first kappa shape index (κ1) is 15.7. The van der Waals surface area contributed by atoms with Crippen molar-refractivity contribution in [3.05, 3.63) is 42.1 Å². The zero-order valence-corrected chi connectivity index (χ0v) is 14.1. The highest BCUT2D eigenvalue weighted by Crippen LogP contribution is 2.37. The molecule has 128 valence electrons. The summed E-state index contributed by atoms with van der Waals surface area (Å²) in [7, 11) is 3.14. The number of aromatic nitrogens is 4. The van der Waals surface area contributed by atoms with Crippen LogP contribution < -0.4 is 14.8 Å². The molecule has 8 heteroatoms. The van der Waals surface area contributed by atoms with Gasteiger partial charge in [-0.25, -0.2) is 0 Å². The van der Waals surface area contributed by atoms with E-state index >= 15 is 0 Å². The molecule has 0 radical (unpaired) electrons. The highest BCUT2D eigenvalue weighted by molar-refractivity contribution is 5.98. The van der Waals surface area contributed by atoms with E-state index in [1.54, 1.807) is 26.4 Å². The zero-order valence-electron chi connectivity index (χ0n) is 14.1. The van der Waals surface area contributed by atoms with Gasteiger partial charge in [-0.3, -0.25) is 4.98 Å². The molecule has 26 heavy (non-hydrogen) atoms. The molecule has 2 N–H and O–H groups in total. The first-order valence-corrected chi connectivity index (χ1v) is 7.76. The van der Waals surface area contributed by atoms with Crippen molar-refractivity contribution in [1.82, 2.24) is 20.4 Å². The van der Waals surface area contributed by atoms with E-state index < -0.39 is 0 Å². The molecule has 0 aliphatic heterocycles. The zero-order chi connectivity index (χ0) is 18.1. The molecule has 2 heterocycles. The normalized spacial score (nSPS) is 10.7. The van der Waals surface area contributed by atoms with Gasteiger partial charge >= 0.3 is 0 Å². The summed E-state index contributed by atoms with van der Waals surface area (Å²) in [5.74, 6) is 1.14. The van der Waals surface area contributed by atoms with Crippen LogP contribution in [0.1, 0.15) is 5.56 Å². The summed E-state index contributed by atoms with van der Waals surface area (Å²) < 4.78 is 10.7. The molecule has 0 atom stereocenters. The van der Waals surface area contributed by atoms with Crippen LogP contribution in [0.4, 0.5) is 11.4 Å². The Balaban J connectivity index is 1.89. The second-order valence-corrected chi connectivity index (χ2v) is 5.54. The van der Waals surface area contributed by atoms with Crippen LogP contribution >= 0.6 is 0 Å². The van der Waals surface area contributed by atoms with Crippen molar-refractivity contribution in [2.75, 3.05) is 19.5 Å². The Morgan fingerprint density at radius 3 is 2.54 bits per heavy atom. The number of nitrogens with zero attached hydrogens (tertiary/aromatic N) is 4. The third kappa shape index (κ3) is 2.52. The summed E-state index contributed by atoms with van der Waals surface area (Å²) in [5, 5.41) is 24.3. The lowest BCUT2D eigenvalue weighted by atomic mass is 10.1. The lowest BCUT2D eigenvalue weighted by Gasteiger charge is -2.14. The van der Waals surface area contributed by atoms with Gasteiger partial charge in [0.25, 0.3) is 0 Å². The molecule has 8 nitrogen and oxygen atoms in total. The average Bonchev–Trinajstić information content (AvgIpc) is 3.15. The Kier molecular flexibility index (Phi) is 3.74. The number of rotatable bonds is 4. The summed E-state index contributed by atoms with van der Waals surface area (Å²) >= 11 is 0. The van der Waals surface area contributed by atoms with E-state index in [4.69, 9.17) is 9.47 Å². The first-order chi connectivity index (χ1) is 12.7. The number of fused-ring (bicyclic) bond motifs is 2. The summed E-state index contributed by atoms with van der Waals surface area (Å²) in [6.45, 7) is 0. The van der Waals surface area contributed by atoms with Crippen LogP contribution in [0.2, 0.25) is 0 Å². The highest BCUT2D eigenvalue weighted by Gasteiger charge is 2.14. The third-order valence-electron chi connectivity index (χ3n) is 4.08. The molecule has 0 fully saturated rings. The van der Waals surface area contributed by atoms with Crippen LogP contribution in [-0.4, -0.2) is 34.6 Å². The van der Waals surface area contributed by atoms with Gasteiger partial charge in [-0.15, -0.1) is 0 Å². The number of pyridine rings is 1. The number of benzene rings is 2. The van der Waals surface area contributed by atoms with Crippen molar-refractivity contribution in [3.63, 3.8) is 0 Å². The number of methoxy groups -OCH3 is 2. The molecular weight excluding hydrogens is 332 g/mol. The topological polar surface area (TPSA) is 109 Å². The quantitative estimate of drug-likeness (QED) is 0.584. The van der Waals surface area contributed by atoms with Gasteiger partial charge in [-0.05, 0) is 24.3 Å². The molecule has 0 saturated heterocycles. The number of anilines is 2. The summed E-state index contributed by atoms with van der Waals surface area (Å²) in [4.78, 5) is 4.35. The second kappa shape index (κ2) is 6.22. The number of hydrogen-bond acceptors (Lipinski definition) is 7. The van der Waals surface area contributed by atoms with Gasteiger partial charge in [0.1, 0.15) is 17.1 Å². The smallest absolute Gasteiger partial charge is 0.162 e. The third-order valence-corrected chi connectivity index (χ3v) is 4.08. The van der Waals surface area contributed by atoms with Crippen LogP contribution in [0.5, 0.6) is 11.5 Å². The van der Waals surface area contributed by atoms with E-state index in [2.05, 4.69) is 31.8 Å². The van der Waals surface area contributed by atoms with Crippen LogP contribution in [0, 0.1) is 11.3 Å². The maximum Gasteiger partial charge on any atom is 0.162 e. The molecule has 0 spiro atoms. The van der Waals surface area contributed by atoms with Gasteiger partial charge in [0.15, 0.2) is 11.5 Å². The first-order valence-electron chi connectivity index (χ1n) is 7.76. The van der Waals surface area contributed by atoms with Gasteiger partial charge in [0, 0.05) is 23.3 Å². The van der Waals surface area contributed by atoms with Gasteiger partial charge in [-0.2, -0.15) is 20.7 Å². The van der Waals surface area contributed by atoms with E-state index in [0.29, 0.717) is 28.3 Å². The highest BCUT2D eigenvalue weighted by atomic mass is 16.5. The Bertz CT molecular complexity index is 1160. The lowest BCUT2D eigenvalue weighted by Crippen LogP contribution is -1.98. The largest absolute Gasteiger partial charge is 0.493 e. The van der Waals surface area contributed by atoms with Crippen molar-refractivity contribution >= 4 is 33.3 Å². The maximum absolute atomic E-state index is 9.51. The van der Waals surface area contributed by atoms with Crippen molar-refractivity contribution in [1.29, 1.82) is 5.26 Å².